The molecule has 1 amide bonds. The van der Waals surface area contributed by atoms with Gasteiger partial charge in [0.1, 0.15) is 42.3 Å². The van der Waals surface area contributed by atoms with E-state index in [1.165, 1.54) is 6.20 Å². The van der Waals surface area contributed by atoms with Crippen molar-refractivity contribution in [2.45, 2.75) is 90.6 Å². The lowest BCUT2D eigenvalue weighted by Crippen LogP contribution is -2.25. The van der Waals surface area contributed by atoms with Crippen LogP contribution in [0.3, 0.4) is 0 Å². The van der Waals surface area contributed by atoms with Crippen LogP contribution in [-0.4, -0.2) is 46.2 Å². The molecule has 2 aliphatic rings. The largest absolute Gasteiger partial charge is 0.496 e. The van der Waals surface area contributed by atoms with Gasteiger partial charge in [-0.25, -0.2) is 0 Å². The van der Waals surface area contributed by atoms with Crippen molar-refractivity contribution in [3.8, 4) is 34.4 Å². The van der Waals surface area contributed by atoms with Crippen LogP contribution >= 0.6 is 23.2 Å². The van der Waals surface area contributed by atoms with Gasteiger partial charge in [0.2, 0.25) is 5.91 Å². The highest BCUT2D eigenvalue weighted by Gasteiger charge is 2.23. The molecule has 1 aliphatic carbocycles. The van der Waals surface area contributed by atoms with Crippen LogP contribution in [0.4, 0.5) is 0 Å². The van der Waals surface area contributed by atoms with Gasteiger partial charge in [-0.2, -0.15) is 10.4 Å². The highest BCUT2D eigenvalue weighted by atomic mass is 35.5. The molecule has 2 fully saturated rings. The summed E-state index contributed by atoms with van der Waals surface area (Å²) in [7, 11) is 1.65. The first-order valence-corrected chi connectivity index (χ1v) is 22.2. The highest BCUT2D eigenvalue weighted by molar-refractivity contribution is 6.32. The van der Waals surface area contributed by atoms with Gasteiger partial charge in [-0.05, 0) is 115 Å². The number of benzene rings is 4. The molecule has 13 heteroatoms. The second kappa shape index (κ2) is 20.1. The van der Waals surface area contributed by atoms with Gasteiger partial charge in [-0.3, -0.25) is 19.3 Å². The van der Waals surface area contributed by atoms with Gasteiger partial charge in [-0.15, -0.1) is 0 Å². The molecular formula is C50H50Cl2N6O5. The van der Waals surface area contributed by atoms with Crippen molar-refractivity contribution in [1.29, 1.82) is 5.26 Å². The first kappa shape index (κ1) is 43.7. The fourth-order valence-corrected chi connectivity index (χ4v) is 9.20. The second-order valence-electron chi connectivity index (χ2n) is 16.5. The van der Waals surface area contributed by atoms with Gasteiger partial charge in [0.25, 0.3) is 0 Å². The van der Waals surface area contributed by atoms with E-state index in [2.05, 4.69) is 52.9 Å². The Hall–Kier alpha value is -5.93. The maximum atomic E-state index is 11.9. The number of Topliss-reactive ketones (excluding diaryl/α,β-unsaturated/α-hetero) is 1. The van der Waals surface area contributed by atoms with Crippen LogP contribution in [0.5, 0.6) is 17.2 Å². The number of rotatable bonds is 18. The summed E-state index contributed by atoms with van der Waals surface area (Å²) in [6, 6.07) is 24.3. The zero-order chi connectivity index (χ0) is 43.9. The van der Waals surface area contributed by atoms with Crippen LogP contribution in [0.15, 0.2) is 85.3 Å². The Kier molecular flexibility index (Phi) is 13.9. The van der Waals surface area contributed by atoms with E-state index in [1.807, 2.05) is 47.3 Å². The van der Waals surface area contributed by atoms with Gasteiger partial charge in [0, 0.05) is 71.8 Å². The lowest BCUT2D eigenvalue weighted by atomic mass is 9.94. The van der Waals surface area contributed by atoms with E-state index in [-0.39, 0.29) is 18.6 Å². The smallest absolute Gasteiger partial charge is 0.220 e. The van der Waals surface area contributed by atoms with Gasteiger partial charge < -0.3 is 24.8 Å². The molecular weight excluding hydrogens is 835 g/mol. The number of fused-ring (bicyclic) bond motifs is 1. The third-order valence-corrected chi connectivity index (χ3v) is 12.8. The van der Waals surface area contributed by atoms with E-state index in [4.69, 9.17) is 42.5 Å². The number of hydrogen-bond acceptors (Lipinski definition) is 9. The molecule has 0 bridgehead atoms. The van der Waals surface area contributed by atoms with Gasteiger partial charge in [0.05, 0.1) is 36.0 Å². The minimum atomic E-state index is 0.133. The molecule has 6 aromatic rings. The Balaban J connectivity index is 0.986. The summed E-state index contributed by atoms with van der Waals surface area (Å²) in [6.45, 7) is 4.30. The van der Waals surface area contributed by atoms with Crippen molar-refractivity contribution in [3.63, 3.8) is 0 Å². The molecule has 0 unspecified atom stereocenters. The number of ether oxygens (including phenoxy) is 3. The third kappa shape index (κ3) is 10.5. The summed E-state index contributed by atoms with van der Waals surface area (Å²) < 4.78 is 20.4. The van der Waals surface area contributed by atoms with E-state index in [0.29, 0.717) is 77.8 Å². The average Bonchev–Trinajstić information content (AvgIpc) is 4.03. The molecule has 3 heterocycles. The molecule has 63 heavy (non-hydrogen) atoms. The highest BCUT2D eigenvalue weighted by Crippen LogP contribution is 2.37. The number of aromatic nitrogens is 3. The lowest BCUT2D eigenvalue weighted by Gasteiger charge is -2.17. The topological polar surface area (TPSA) is 140 Å². The first-order valence-electron chi connectivity index (χ1n) is 21.5. The van der Waals surface area contributed by atoms with E-state index in [1.54, 1.807) is 19.4 Å². The number of hydrogen-bond donors (Lipinski definition) is 2. The van der Waals surface area contributed by atoms with Crippen molar-refractivity contribution in [3.05, 3.63) is 134 Å². The number of carbonyl (C=O) groups is 2. The van der Waals surface area contributed by atoms with Crippen LogP contribution in [0.1, 0.15) is 83.9 Å². The standard InChI is InChI=1S/C50H50Cl2N6O5/c1-31-36(30-63-49-21-47(61-2)35(18-45(49)52)6-3-8-39-13-15-50(60)57-39)7-4-9-41(31)42-10-5-11-46-43(42)27-56-58(46)28-38-20-48(62-29-34-16-33(22-53)24-54-25-34)37(19-44(38)51)26-55-23-32-12-14-40(59)17-32/h4-5,7,9-11,16,18-21,24-25,27,32,39,55H,3,6,8,12-15,17,23,26,28-30H2,1-2H3,(H,57,60)/t32-,39-/m1/s1. The number of ketones is 1. The van der Waals surface area contributed by atoms with Gasteiger partial charge >= 0.3 is 0 Å². The van der Waals surface area contributed by atoms with E-state index < -0.39 is 0 Å². The lowest BCUT2D eigenvalue weighted by molar-refractivity contribution is -0.119. The first-order chi connectivity index (χ1) is 30.6. The van der Waals surface area contributed by atoms with Gasteiger partial charge in [-0.1, -0.05) is 53.5 Å². The zero-order valence-corrected chi connectivity index (χ0v) is 37.0. The molecule has 0 radical (unpaired) electrons. The van der Waals surface area contributed by atoms with Crippen molar-refractivity contribution in [2.75, 3.05) is 13.7 Å². The monoisotopic (exact) mass is 884 g/mol. The number of pyridine rings is 1. The summed E-state index contributed by atoms with van der Waals surface area (Å²) in [5.41, 5.74) is 9.18. The number of carbonyl (C=O) groups excluding carboxylic acids is 2. The molecule has 1 saturated carbocycles. The SMILES string of the molecule is COc1cc(OCc2cccc(-c3cccc4c3cnn4Cc3cc(OCc4cncc(C#N)c4)c(CNC[C@@H]4CCC(=O)C4)cc3Cl)c2C)c(Cl)cc1CCC[C@@H]1CCC(=O)N1. The predicted molar refractivity (Wildman–Crippen MR) is 244 cm³/mol. The number of halogens is 2. The minimum Gasteiger partial charge on any atom is -0.496 e. The molecule has 2 N–H and O–H groups in total. The van der Waals surface area contributed by atoms with E-state index in [0.717, 1.165) is 99.8 Å². The fourth-order valence-electron chi connectivity index (χ4n) is 8.71. The van der Waals surface area contributed by atoms with Crippen LogP contribution in [-0.2, 0) is 42.3 Å². The number of nitriles is 1. The predicted octanol–water partition coefficient (Wildman–Crippen LogP) is 9.86. The quantitative estimate of drug-likeness (QED) is 0.0863. The molecule has 11 nitrogen and oxygen atoms in total. The summed E-state index contributed by atoms with van der Waals surface area (Å²) in [6.07, 6.45) is 11.4. The van der Waals surface area contributed by atoms with E-state index in [9.17, 15) is 14.9 Å². The second-order valence-corrected chi connectivity index (χ2v) is 17.3. The van der Waals surface area contributed by atoms with Crippen molar-refractivity contribution >= 4 is 45.8 Å². The molecule has 8 rings (SSSR count). The van der Waals surface area contributed by atoms with Gasteiger partial charge in [0.15, 0.2) is 0 Å². The maximum absolute atomic E-state index is 11.9. The average molecular weight is 886 g/mol. The number of amides is 1. The van der Waals surface area contributed by atoms with Crippen molar-refractivity contribution in [2.24, 2.45) is 5.92 Å². The summed E-state index contributed by atoms with van der Waals surface area (Å²) >= 11 is 13.8. The minimum absolute atomic E-state index is 0.133. The summed E-state index contributed by atoms with van der Waals surface area (Å²) in [5, 5.41) is 22.9. The van der Waals surface area contributed by atoms with Crippen LogP contribution in [0.2, 0.25) is 10.0 Å². The third-order valence-electron chi connectivity index (χ3n) is 12.2. The Morgan fingerprint density at radius 1 is 0.873 bits per heavy atom. The Morgan fingerprint density at radius 3 is 2.49 bits per heavy atom. The summed E-state index contributed by atoms with van der Waals surface area (Å²) in [5.74, 6) is 2.74. The number of nitrogens with zero attached hydrogens (tertiary/aromatic N) is 4. The normalized spacial score (nSPS) is 16.0. The molecule has 2 atom stereocenters. The molecule has 1 saturated heterocycles. The van der Waals surface area contributed by atoms with Crippen LogP contribution < -0.4 is 24.8 Å². The summed E-state index contributed by atoms with van der Waals surface area (Å²) in [4.78, 5) is 27.7. The van der Waals surface area contributed by atoms with Crippen molar-refractivity contribution in [1.82, 2.24) is 25.4 Å². The molecule has 1 aliphatic heterocycles. The molecule has 0 spiro atoms. The maximum Gasteiger partial charge on any atom is 0.220 e. The fraction of sp³-hybridized carbons (Fsp3) is 0.340. The van der Waals surface area contributed by atoms with Crippen LogP contribution in [0, 0.1) is 24.2 Å². The van der Waals surface area contributed by atoms with Crippen molar-refractivity contribution < 1.29 is 23.8 Å². The zero-order valence-electron chi connectivity index (χ0n) is 35.5. The number of methoxy groups -OCH3 is 1. The number of nitrogens with one attached hydrogen (secondary N) is 2. The Morgan fingerprint density at radius 2 is 1.70 bits per heavy atom. The molecule has 2 aromatic heterocycles. The Labute approximate surface area is 377 Å². The number of aryl methyl sites for hydroxylation is 1. The van der Waals surface area contributed by atoms with Crippen LogP contribution in [0.25, 0.3) is 22.0 Å². The molecule has 324 valence electrons. The Bertz CT molecular complexity index is 2690. The van der Waals surface area contributed by atoms with E-state index >= 15 is 0 Å². The molecule has 4 aromatic carbocycles.